The highest BCUT2D eigenvalue weighted by Crippen LogP contribution is 2.30. The second kappa shape index (κ2) is 16.2. The van der Waals surface area contributed by atoms with Crippen LogP contribution in [0.4, 0.5) is 9.93 Å². The summed E-state index contributed by atoms with van der Waals surface area (Å²) in [5.41, 5.74) is 0.391. The molecule has 10 nitrogen and oxygen atoms in total. The highest BCUT2D eigenvalue weighted by atomic mass is 35.6. The van der Waals surface area contributed by atoms with Gasteiger partial charge in [0.2, 0.25) is 9.70 Å². The van der Waals surface area contributed by atoms with E-state index in [4.69, 9.17) is 39.5 Å². The molecule has 14 heteroatoms. The lowest BCUT2D eigenvalue weighted by Gasteiger charge is -2.33. The molecule has 0 bridgehead atoms. The van der Waals surface area contributed by atoms with Crippen molar-refractivity contribution in [3.05, 3.63) is 11.1 Å². The van der Waals surface area contributed by atoms with Crippen LogP contribution in [0.2, 0.25) is 0 Å². The van der Waals surface area contributed by atoms with Crippen molar-refractivity contribution in [1.82, 2.24) is 10.3 Å². The summed E-state index contributed by atoms with van der Waals surface area (Å²) in [6.07, 6.45) is 2.59. The lowest BCUT2D eigenvalue weighted by atomic mass is 9.82. The largest absolute Gasteiger partial charge is 0.481 e. The van der Waals surface area contributed by atoms with Crippen molar-refractivity contribution >= 4 is 69.2 Å². The molecule has 0 saturated heterocycles. The van der Waals surface area contributed by atoms with Gasteiger partial charge in [0.1, 0.15) is 12.7 Å². The number of alkyl halides is 3. The van der Waals surface area contributed by atoms with E-state index in [0.29, 0.717) is 24.5 Å². The number of amides is 2. The molecule has 1 aromatic heterocycles. The number of thiazole rings is 1. The number of nitrogens with one attached hydrogen (secondary N) is 2. The Bertz CT molecular complexity index is 938. The summed E-state index contributed by atoms with van der Waals surface area (Å²) in [6.45, 7) is 3.40. The zero-order chi connectivity index (χ0) is 29.2. The van der Waals surface area contributed by atoms with Gasteiger partial charge in [-0.25, -0.2) is 9.78 Å². The fourth-order valence-corrected chi connectivity index (χ4v) is 5.58. The van der Waals surface area contributed by atoms with Gasteiger partial charge in [-0.3, -0.25) is 14.9 Å². The third-order valence-electron chi connectivity index (χ3n) is 6.53. The number of aliphatic hydroxyl groups excluding tert-OH is 2. The number of hydrogen-bond donors (Lipinski definition) is 5. The number of aliphatic hydroxyl groups is 2. The maximum Gasteiger partial charge on any atom is 0.413 e. The van der Waals surface area contributed by atoms with Crippen LogP contribution in [0.15, 0.2) is 5.38 Å². The Morgan fingerprint density at radius 3 is 2.44 bits per heavy atom. The molecule has 0 unspecified atom stereocenters. The van der Waals surface area contributed by atoms with E-state index in [1.54, 1.807) is 5.38 Å². The van der Waals surface area contributed by atoms with Gasteiger partial charge in [0.15, 0.2) is 5.13 Å². The van der Waals surface area contributed by atoms with Gasteiger partial charge in [0, 0.05) is 11.8 Å². The molecule has 0 aromatic carbocycles. The molecule has 1 aromatic rings. The SMILES string of the molecule is CC(C)C[C@H](O)[C@H](O)[C@H](CC1CCCCC1)NC(=O)[C@@H](CC(=O)O)Cc1csc(NC(=O)OCC(Cl)(Cl)Cl)n1. The van der Waals surface area contributed by atoms with Crippen LogP contribution >= 0.6 is 46.1 Å². The molecule has 5 N–H and O–H groups in total. The smallest absolute Gasteiger partial charge is 0.413 e. The maximum absolute atomic E-state index is 13.3. The molecule has 1 aliphatic rings. The van der Waals surface area contributed by atoms with E-state index in [2.05, 4.69) is 15.6 Å². The lowest BCUT2D eigenvalue weighted by molar-refractivity contribution is -0.141. The van der Waals surface area contributed by atoms with Crippen LogP contribution in [-0.2, 0) is 20.7 Å². The lowest BCUT2D eigenvalue weighted by Crippen LogP contribution is -2.51. The highest BCUT2D eigenvalue weighted by Gasteiger charge is 2.33. The van der Waals surface area contributed by atoms with Crippen molar-refractivity contribution in [3.63, 3.8) is 0 Å². The molecule has 0 aliphatic heterocycles. The fraction of sp³-hybridized carbons (Fsp3) is 0.760. The zero-order valence-corrected chi connectivity index (χ0v) is 25.2. The average molecular weight is 631 g/mol. The van der Waals surface area contributed by atoms with Crippen molar-refractivity contribution in [3.8, 4) is 0 Å². The molecular weight excluding hydrogens is 593 g/mol. The highest BCUT2D eigenvalue weighted by molar-refractivity contribution is 7.13. The number of anilines is 1. The van der Waals surface area contributed by atoms with Crippen molar-refractivity contribution in [1.29, 1.82) is 0 Å². The number of nitrogens with zero attached hydrogens (tertiary/aromatic N) is 1. The summed E-state index contributed by atoms with van der Waals surface area (Å²) in [7, 11) is 0. The molecule has 0 radical (unpaired) electrons. The number of aliphatic carboxylic acids is 1. The number of aromatic nitrogens is 1. The number of carboxylic acids is 1. The Morgan fingerprint density at radius 2 is 1.85 bits per heavy atom. The van der Waals surface area contributed by atoms with Crippen LogP contribution in [0.1, 0.15) is 70.9 Å². The second-order valence-electron chi connectivity index (χ2n) is 10.5. The van der Waals surface area contributed by atoms with Crippen LogP contribution in [0, 0.1) is 17.8 Å². The standard InChI is InChI=1S/C25H38Cl3N3O7S/c1-14(2)8-19(32)21(35)18(9-15-6-4-3-5-7-15)30-22(36)16(11-20(33)34)10-17-12-39-23(29-17)31-24(37)38-13-25(26,27)28/h12,14-16,18-19,21,32,35H,3-11,13H2,1-2H3,(H,30,36)(H,33,34)(H,29,31,37)/t16-,18+,19+,21-/m1/s1. The van der Waals surface area contributed by atoms with Crippen LogP contribution in [0.3, 0.4) is 0 Å². The van der Waals surface area contributed by atoms with Gasteiger partial charge in [0.05, 0.1) is 30.2 Å². The Balaban J connectivity index is 2.10. The predicted molar refractivity (Wildman–Crippen MR) is 151 cm³/mol. The first-order chi connectivity index (χ1) is 18.2. The Kier molecular flexibility index (Phi) is 14.0. The molecule has 1 aliphatic carbocycles. The van der Waals surface area contributed by atoms with Crippen molar-refractivity contribution in [2.24, 2.45) is 17.8 Å². The van der Waals surface area contributed by atoms with E-state index in [0.717, 1.165) is 43.4 Å². The van der Waals surface area contributed by atoms with Gasteiger partial charge in [0.25, 0.3) is 0 Å². The molecule has 39 heavy (non-hydrogen) atoms. The summed E-state index contributed by atoms with van der Waals surface area (Å²) < 4.78 is 3.03. The number of carbonyl (C=O) groups is 3. The van der Waals surface area contributed by atoms with Gasteiger partial charge in [-0.15, -0.1) is 11.3 Å². The minimum atomic E-state index is -1.77. The number of hydrogen-bond acceptors (Lipinski definition) is 8. The third-order valence-corrected chi connectivity index (χ3v) is 7.67. The van der Waals surface area contributed by atoms with Gasteiger partial charge >= 0.3 is 12.1 Å². The van der Waals surface area contributed by atoms with Crippen LogP contribution < -0.4 is 10.6 Å². The molecule has 222 valence electrons. The van der Waals surface area contributed by atoms with Crippen LogP contribution in [0.5, 0.6) is 0 Å². The molecule has 2 amide bonds. The fourth-order valence-electron chi connectivity index (χ4n) is 4.71. The monoisotopic (exact) mass is 629 g/mol. The first kappa shape index (κ1) is 33.8. The van der Waals surface area contributed by atoms with E-state index in [9.17, 15) is 29.7 Å². The second-order valence-corrected chi connectivity index (χ2v) is 13.9. The summed E-state index contributed by atoms with van der Waals surface area (Å²) in [5.74, 6) is -2.25. The van der Waals surface area contributed by atoms with Gasteiger partial charge < -0.3 is 25.4 Å². The summed E-state index contributed by atoms with van der Waals surface area (Å²) in [5, 5.41) is 38.0. The maximum atomic E-state index is 13.3. The Labute approximate surface area is 247 Å². The minimum absolute atomic E-state index is 0.0136. The third kappa shape index (κ3) is 13.2. The summed E-state index contributed by atoms with van der Waals surface area (Å²) in [4.78, 5) is 41.0. The first-order valence-corrected chi connectivity index (χ1v) is 15.1. The molecule has 1 saturated carbocycles. The number of carboxylic acid groups (broad SMARTS) is 1. The molecular formula is C25H38Cl3N3O7S. The van der Waals surface area contributed by atoms with Crippen molar-refractivity contribution in [2.75, 3.05) is 11.9 Å². The number of rotatable bonds is 14. The van der Waals surface area contributed by atoms with Gasteiger partial charge in [-0.05, 0) is 24.7 Å². The number of ether oxygens (including phenoxy) is 1. The van der Waals surface area contributed by atoms with Gasteiger partial charge in [-0.1, -0.05) is 80.8 Å². The van der Waals surface area contributed by atoms with E-state index in [1.807, 2.05) is 13.8 Å². The van der Waals surface area contributed by atoms with Crippen molar-refractivity contribution in [2.45, 2.75) is 93.7 Å². The average Bonchev–Trinajstić information content (AvgIpc) is 3.27. The minimum Gasteiger partial charge on any atom is -0.481 e. The summed E-state index contributed by atoms with van der Waals surface area (Å²) in [6, 6.07) is -0.717. The zero-order valence-electron chi connectivity index (χ0n) is 22.1. The first-order valence-electron chi connectivity index (χ1n) is 13.1. The van der Waals surface area contributed by atoms with Crippen molar-refractivity contribution < 1.29 is 34.4 Å². The normalized spacial score (nSPS) is 17.7. The Hall–Kier alpha value is -1.37. The number of carbonyl (C=O) groups excluding carboxylic acids is 2. The quantitative estimate of drug-likeness (QED) is 0.181. The Morgan fingerprint density at radius 1 is 1.18 bits per heavy atom. The predicted octanol–water partition coefficient (Wildman–Crippen LogP) is 4.92. The van der Waals surface area contributed by atoms with Gasteiger partial charge in [-0.2, -0.15) is 0 Å². The van der Waals surface area contributed by atoms with E-state index in [1.165, 1.54) is 0 Å². The topological polar surface area (TPSA) is 158 Å². The number of halogens is 3. The molecule has 2 rings (SSSR count). The van der Waals surface area contributed by atoms with Crippen LogP contribution in [0.25, 0.3) is 0 Å². The summed E-state index contributed by atoms with van der Waals surface area (Å²) >= 11 is 17.7. The van der Waals surface area contributed by atoms with Crippen LogP contribution in [-0.4, -0.2) is 66.9 Å². The molecule has 0 spiro atoms. The van der Waals surface area contributed by atoms with E-state index in [-0.39, 0.29) is 17.5 Å². The van der Waals surface area contributed by atoms with E-state index < -0.39 is 59.0 Å². The van der Waals surface area contributed by atoms with E-state index >= 15 is 0 Å². The molecule has 1 fully saturated rings. The molecule has 1 heterocycles. The molecule has 4 atom stereocenters.